The first-order chi connectivity index (χ1) is 12.2. The summed E-state index contributed by atoms with van der Waals surface area (Å²) in [4.78, 5) is 9.12. The standard InChI is InChI=1S/C19H29N5O.HI/c1-4-20-19(23-16(2)15-25-3)22-11-10-18-21-12-13-24(18)14-17-8-6-5-7-9-17;/h5-9,12-13,16H,4,10-11,14-15H2,1-3H3,(H2,20,22,23);1H. The maximum absolute atomic E-state index is 5.16. The summed E-state index contributed by atoms with van der Waals surface area (Å²) in [5.74, 6) is 1.86. The van der Waals surface area contributed by atoms with E-state index in [0.717, 1.165) is 31.3 Å². The van der Waals surface area contributed by atoms with Crippen LogP contribution in [0, 0.1) is 0 Å². The molecule has 0 saturated carbocycles. The van der Waals surface area contributed by atoms with Crippen molar-refractivity contribution in [3.63, 3.8) is 0 Å². The zero-order valence-corrected chi connectivity index (χ0v) is 18.1. The second-order valence-corrected chi connectivity index (χ2v) is 5.97. The average Bonchev–Trinajstić information content (AvgIpc) is 3.03. The minimum atomic E-state index is 0. The largest absolute Gasteiger partial charge is 0.383 e. The number of rotatable bonds is 9. The number of nitrogens with one attached hydrogen (secondary N) is 2. The van der Waals surface area contributed by atoms with E-state index < -0.39 is 0 Å². The van der Waals surface area contributed by atoms with E-state index in [-0.39, 0.29) is 30.0 Å². The highest BCUT2D eigenvalue weighted by molar-refractivity contribution is 14.0. The van der Waals surface area contributed by atoms with Crippen LogP contribution in [-0.4, -0.2) is 48.4 Å². The molecule has 7 heteroatoms. The van der Waals surface area contributed by atoms with Gasteiger partial charge >= 0.3 is 0 Å². The van der Waals surface area contributed by atoms with Gasteiger partial charge in [-0.25, -0.2) is 4.98 Å². The van der Waals surface area contributed by atoms with Crippen molar-refractivity contribution in [2.75, 3.05) is 26.8 Å². The molecule has 0 fully saturated rings. The van der Waals surface area contributed by atoms with Gasteiger partial charge in [0, 0.05) is 51.6 Å². The summed E-state index contributed by atoms with van der Waals surface area (Å²) in [5.41, 5.74) is 1.27. The predicted octanol–water partition coefficient (Wildman–Crippen LogP) is 2.68. The molecule has 0 radical (unpaired) electrons. The van der Waals surface area contributed by atoms with Crippen molar-refractivity contribution in [1.29, 1.82) is 0 Å². The maximum Gasteiger partial charge on any atom is 0.191 e. The molecule has 26 heavy (non-hydrogen) atoms. The van der Waals surface area contributed by atoms with Crippen LogP contribution < -0.4 is 10.6 Å². The van der Waals surface area contributed by atoms with Crippen molar-refractivity contribution < 1.29 is 4.74 Å². The van der Waals surface area contributed by atoms with Gasteiger partial charge < -0.3 is 19.9 Å². The summed E-state index contributed by atoms with van der Waals surface area (Å²) in [6.45, 7) is 7.12. The molecule has 2 aromatic rings. The Hall–Kier alpha value is -1.61. The number of ether oxygens (including phenoxy) is 1. The van der Waals surface area contributed by atoms with Crippen molar-refractivity contribution in [1.82, 2.24) is 20.2 Å². The van der Waals surface area contributed by atoms with Crippen LogP contribution in [0.5, 0.6) is 0 Å². The molecule has 144 valence electrons. The van der Waals surface area contributed by atoms with Crippen LogP contribution in [0.1, 0.15) is 25.2 Å². The highest BCUT2D eigenvalue weighted by atomic mass is 127. The van der Waals surface area contributed by atoms with Crippen LogP contribution in [-0.2, 0) is 17.7 Å². The lowest BCUT2D eigenvalue weighted by Gasteiger charge is -2.17. The molecule has 0 saturated heterocycles. The lowest BCUT2D eigenvalue weighted by Crippen LogP contribution is -2.44. The average molecular weight is 471 g/mol. The maximum atomic E-state index is 5.16. The number of imidazole rings is 1. The Labute approximate surface area is 173 Å². The lowest BCUT2D eigenvalue weighted by atomic mass is 10.2. The van der Waals surface area contributed by atoms with Gasteiger partial charge in [0.15, 0.2) is 5.96 Å². The smallest absolute Gasteiger partial charge is 0.191 e. The van der Waals surface area contributed by atoms with Crippen molar-refractivity contribution in [3.05, 3.63) is 54.1 Å². The minimum Gasteiger partial charge on any atom is -0.383 e. The number of benzene rings is 1. The Morgan fingerprint density at radius 3 is 2.77 bits per heavy atom. The topological polar surface area (TPSA) is 63.5 Å². The van der Waals surface area contributed by atoms with Gasteiger partial charge in [0.25, 0.3) is 0 Å². The molecule has 0 bridgehead atoms. The van der Waals surface area contributed by atoms with Crippen LogP contribution in [0.25, 0.3) is 0 Å². The van der Waals surface area contributed by atoms with Gasteiger partial charge in [0.2, 0.25) is 0 Å². The van der Waals surface area contributed by atoms with E-state index in [2.05, 4.69) is 63.3 Å². The fourth-order valence-corrected chi connectivity index (χ4v) is 2.61. The first kappa shape index (κ1) is 22.4. The third kappa shape index (κ3) is 7.74. The van der Waals surface area contributed by atoms with Crippen LogP contribution in [0.3, 0.4) is 0 Å². The van der Waals surface area contributed by atoms with Crippen LogP contribution in [0.4, 0.5) is 0 Å². The molecule has 1 aromatic heterocycles. The Kier molecular flexibility index (Phi) is 11.0. The summed E-state index contributed by atoms with van der Waals surface area (Å²) in [5, 5.41) is 6.60. The molecule has 1 atom stereocenters. The van der Waals surface area contributed by atoms with Gasteiger partial charge in [-0.2, -0.15) is 0 Å². The molecule has 0 aliphatic rings. The lowest BCUT2D eigenvalue weighted by molar-refractivity contribution is 0.179. The third-order valence-corrected chi connectivity index (χ3v) is 3.75. The first-order valence-corrected chi connectivity index (χ1v) is 8.80. The number of methoxy groups -OCH3 is 1. The van der Waals surface area contributed by atoms with Gasteiger partial charge in [-0.05, 0) is 19.4 Å². The van der Waals surface area contributed by atoms with Gasteiger partial charge in [-0.3, -0.25) is 4.99 Å². The highest BCUT2D eigenvalue weighted by Gasteiger charge is 2.06. The number of hydrogen-bond acceptors (Lipinski definition) is 3. The molecule has 1 unspecified atom stereocenters. The Morgan fingerprint density at radius 2 is 2.08 bits per heavy atom. The van der Waals surface area contributed by atoms with E-state index >= 15 is 0 Å². The first-order valence-electron chi connectivity index (χ1n) is 8.80. The summed E-state index contributed by atoms with van der Waals surface area (Å²) < 4.78 is 7.34. The quantitative estimate of drug-likeness (QED) is 0.336. The Balaban J connectivity index is 0.00000338. The second-order valence-electron chi connectivity index (χ2n) is 5.97. The fourth-order valence-electron chi connectivity index (χ4n) is 2.61. The summed E-state index contributed by atoms with van der Waals surface area (Å²) in [6.07, 6.45) is 4.68. The molecule has 0 aliphatic heterocycles. The molecule has 0 spiro atoms. The summed E-state index contributed by atoms with van der Waals surface area (Å²) in [6, 6.07) is 10.6. The van der Waals surface area contributed by atoms with Crippen LogP contribution >= 0.6 is 24.0 Å². The van der Waals surface area contributed by atoms with E-state index in [1.807, 2.05) is 18.5 Å². The van der Waals surface area contributed by atoms with Gasteiger partial charge in [0.1, 0.15) is 5.82 Å². The number of aromatic nitrogens is 2. The molecule has 2 N–H and O–H groups in total. The second kappa shape index (κ2) is 12.7. The molecular formula is C19H30IN5O. The van der Waals surface area contributed by atoms with E-state index in [9.17, 15) is 0 Å². The van der Waals surface area contributed by atoms with E-state index in [4.69, 9.17) is 4.74 Å². The molecule has 6 nitrogen and oxygen atoms in total. The minimum absolute atomic E-state index is 0. The zero-order chi connectivity index (χ0) is 17.9. The van der Waals surface area contributed by atoms with Crippen LogP contribution in [0.2, 0.25) is 0 Å². The molecule has 1 heterocycles. The predicted molar refractivity (Wildman–Crippen MR) is 117 cm³/mol. The van der Waals surface area contributed by atoms with Crippen molar-refractivity contribution >= 4 is 29.9 Å². The zero-order valence-electron chi connectivity index (χ0n) is 15.8. The highest BCUT2D eigenvalue weighted by Crippen LogP contribution is 2.06. The number of nitrogens with zero attached hydrogens (tertiary/aromatic N) is 3. The van der Waals surface area contributed by atoms with E-state index in [1.54, 1.807) is 7.11 Å². The third-order valence-electron chi connectivity index (χ3n) is 3.75. The molecular weight excluding hydrogens is 441 g/mol. The van der Waals surface area contributed by atoms with E-state index in [0.29, 0.717) is 13.2 Å². The SMILES string of the molecule is CCNC(=NCCc1nccn1Cc1ccccc1)NC(C)COC.I. The van der Waals surface area contributed by atoms with Crippen LogP contribution in [0.15, 0.2) is 47.7 Å². The number of halogens is 1. The monoisotopic (exact) mass is 471 g/mol. The van der Waals surface area contributed by atoms with Gasteiger partial charge in [-0.15, -0.1) is 24.0 Å². The van der Waals surface area contributed by atoms with Crippen molar-refractivity contribution in [3.8, 4) is 0 Å². The van der Waals surface area contributed by atoms with Gasteiger partial charge in [0.05, 0.1) is 6.61 Å². The fraction of sp³-hybridized carbons (Fsp3) is 0.474. The Morgan fingerprint density at radius 1 is 1.31 bits per heavy atom. The number of guanidine groups is 1. The molecule has 1 aromatic carbocycles. The molecule has 2 rings (SSSR count). The van der Waals surface area contributed by atoms with Crippen molar-refractivity contribution in [2.24, 2.45) is 4.99 Å². The van der Waals surface area contributed by atoms with Crippen molar-refractivity contribution in [2.45, 2.75) is 32.9 Å². The normalized spacial score (nSPS) is 12.3. The molecule has 0 amide bonds. The number of hydrogen-bond donors (Lipinski definition) is 2. The van der Waals surface area contributed by atoms with Gasteiger partial charge in [-0.1, -0.05) is 30.3 Å². The molecule has 0 aliphatic carbocycles. The summed E-state index contributed by atoms with van der Waals surface area (Å²) in [7, 11) is 1.70. The van der Waals surface area contributed by atoms with E-state index in [1.165, 1.54) is 5.56 Å². The Bertz CT molecular complexity index is 644. The summed E-state index contributed by atoms with van der Waals surface area (Å²) >= 11 is 0. The number of aliphatic imine (C=N–C) groups is 1.